The second kappa shape index (κ2) is 9.20. The highest BCUT2D eigenvalue weighted by Crippen LogP contribution is 2.42. The Morgan fingerprint density at radius 2 is 1.84 bits per heavy atom. The highest BCUT2D eigenvalue weighted by atomic mass is 35.5. The standard InChI is InChI=1S/C27H26ClFN4O4S/c1-15-26(16(2)37-31-15)17-3-6-23-22(13-17)30-27(33(23)18-9-11-38(35,36)12-10-18)24-7-8-25(34)32(24)19-4-5-20(28)21(29)14-19/h3-6,13-14,18,24H,7-12H2,1-2H3/t24-/m0/s1. The lowest BCUT2D eigenvalue weighted by molar-refractivity contribution is -0.117. The molecule has 2 aromatic heterocycles. The molecule has 2 aromatic carbocycles. The monoisotopic (exact) mass is 556 g/mol. The minimum absolute atomic E-state index is 0.0144. The summed E-state index contributed by atoms with van der Waals surface area (Å²) in [4.78, 5) is 19.7. The average Bonchev–Trinajstić information content (AvgIpc) is 3.55. The first-order chi connectivity index (χ1) is 18.1. The van der Waals surface area contributed by atoms with Crippen molar-refractivity contribution in [2.24, 2.45) is 0 Å². The Morgan fingerprint density at radius 1 is 1.08 bits per heavy atom. The number of imidazole rings is 1. The van der Waals surface area contributed by atoms with E-state index in [1.807, 2.05) is 32.0 Å². The topological polar surface area (TPSA) is 98.3 Å². The van der Waals surface area contributed by atoms with Gasteiger partial charge in [0.1, 0.15) is 27.2 Å². The van der Waals surface area contributed by atoms with Gasteiger partial charge >= 0.3 is 0 Å². The molecule has 0 saturated carbocycles. The van der Waals surface area contributed by atoms with Gasteiger partial charge in [0.15, 0.2) is 0 Å². The summed E-state index contributed by atoms with van der Waals surface area (Å²) in [5, 5.41) is 4.05. The number of nitrogens with zero attached hydrogens (tertiary/aromatic N) is 4. The summed E-state index contributed by atoms with van der Waals surface area (Å²) >= 11 is 5.90. The molecule has 1 atom stereocenters. The molecule has 2 aliphatic heterocycles. The number of sulfone groups is 1. The molecule has 0 spiro atoms. The first-order valence-electron chi connectivity index (χ1n) is 12.6. The quantitative estimate of drug-likeness (QED) is 0.319. The lowest BCUT2D eigenvalue weighted by atomic mass is 10.0. The lowest BCUT2D eigenvalue weighted by Gasteiger charge is -2.30. The molecular weight excluding hydrogens is 531 g/mol. The fourth-order valence-electron chi connectivity index (χ4n) is 5.81. The molecule has 2 saturated heterocycles. The van der Waals surface area contributed by atoms with Crippen LogP contribution in [-0.2, 0) is 14.6 Å². The van der Waals surface area contributed by atoms with E-state index in [0.717, 1.165) is 27.9 Å². The number of carbonyl (C=O) groups is 1. The van der Waals surface area contributed by atoms with Crippen molar-refractivity contribution < 1.29 is 22.1 Å². The van der Waals surface area contributed by atoms with E-state index in [1.54, 1.807) is 11.0 Å². The zero-order valence-electron chi connectivity index (χ0n) is 20.9. The first kappa shape index (κ1) is 25.1. The molecule has 4 heterocycles. The second-order valence-electron chi connectivity index (χ2n) is 10.0. The summed E-state index contributed by atoms with van der Waals surface area (Å²) in [6.45, 7) is 3.75. The molecule has 38 heavy (non-hydrogen) atoms. The molecule has 11 heteroatoms. The number of amides is 1. The molecule has 4 aromatic rings. The average molecular weight is 557 g/mol. The van der Waals surface area contributed by atoms with Crippen molar-refractivity contribution in [2.75, 3.05) is 16.4 Å². The summed E-state index contributed by atoms with van der Waals surface area (Å²) < 4.78 is 46.3. The van der Waals surface area contributed by atoms with Crippen LogP contribution >= 0.6 is 11.6 Å². The third-order valence-corrected chi connectivity index (χ3v) is 9.64. The van der Waals surface area contributed by atoms with Crippen molar-refractivity contribution in [1.29, 1.82) is 0 Å². The van der Waals surface area contributed by atoms with E-state index >= 15 is 0 Å². The molecule has 2 aliphatic rings. The number of aromatic nitrogens is 3. The summed E-state index contributed by atoms with van der Waals surface area (Å²) in [6, 6.07) is 9.77. The van der Waals surface area contributed by atoms with Crippen LogP contribution in [0.25, 0.3) is 22.2 Å². The first-order valence-corrected chi connectivity index (χ1v) is 14.8. The Bertz CT molecular complexity index is 1660. The lowest BCUT2D eigenvalue weighted by Crippen LogP contribution is -2.32. The maximum atomic E-state index is 14.4. The molecule has 0 N–H and O–H groups in total. The van der Waals surface area contributed by atoms with E-state index < -0.39 is 21.7 Å². The molecular formula is C27H26ClFN4O4S. The Balaban J connectivity index is 1.51. The van der Waals surface area contributed by atoms with Gasteiger partial charge in [0, 0.05) is 23.7 Å². The van der Waals surface area contributed by atoms with Crippen molar-refractivity contribution in [3.8, 4) is 11.1 Å². The maximum Gasteiger partial charge on any atom is 0.227 e. The van der Waals surface area contributed by atoms with Crippen molar-refractivity contribution in [3.05, 3.63) is 64.5 Å². The van der Waals surface area contributed by atoms with Crippen LogP contribution in [0.4, 0.5) is 10.1 Å². The third kappa shape index (κ3) is 4.19. The van der Waals surface area contributed by atoms with Crippen LogP contribution in [0.3, 0.4) is 0 Å². The fraction of sp³-hybridized carbons (Fsp3) is 0.370. The number of carbonyl (C=O) groups excluding carboxylic acids is 1. The second-order valence-corrected chi connectivity index (χ2v) is 12.8. The Morgan fingerprint density at radius 3 is 2.53 bits per heavy atom. The van der Waals surface area contributed by atoms with Crippen LogP contribution in [0.2, 0.25) is 5.02 Å². The van der Waals surface area contributed by atoms with Crippen LogP contribution in [0, 0.1) is 19.7 Å². The van der Waals surface area contributed by atoms with Crippen molar-refractivity contribution in [3.63, 3.8) is 0 Å². The minimum Gasteiger partial charge on any atom is -0.361 e. The number of aryl methyl sites for hydroxylation is 2. The Hall–Kier alpha value is -3.24. The van der Waals surface area contributed by atoms with E-state index in [0.29, 0.717) is 43.0 Å². The van der Waals surface area contributed by atoms with Crippen LogP contribution in [0.15, 0.2) is 40.9 Å². The zero-order valence-corrected chi connectivity index (χ0v) is 22.5. The zero-order chi connectivity index (χ0) is 26.8. The molecule has 198 valence electrons. The van der Waals surface area contributed by atoms with E-state index in [9.17, 15) is 17.6 Å². The summed E-state index contributed by atoms with van der Waals surface area (Å²) in [6.07, 6.45) is 1.72. The SMILES string of the molecule is Cc1noc(C)c1-c1ccc2c(c1)nc([C@@H]1CCC(=O)N1c1ccc(Cl)c(F)c1)n2C1CCS(=O)(=O)CC1. The number of hydrogen-bond donors (Lipinski definition) is 0. The molecule has 0 unspecified atom stereocenters. The minimum atomic E-state index is -3.08. The molecule has 1 amide bonds. The smallest absolute Gasteiger partial charge is 0.227 e. The van der Waals surface area contributed by atoms with E-state index in [2.05, 4.69) is 9.72 Å². The predicted octanol–water partition coefficient (Wildman–Crippen LogP) is 5.72. The molecule has 0 bridgehead atoms. The number of anilines is 1. The normalized spacial score (nSPS) is 20.1. The van der Waals surface area contributed by atoms with Gasteiger partial charge in [-0.25, -0.2) is 17.8 Å². The fourth-order valence-corrected chi connectivity index (χ4v) is 7.39. The van der Waals surface area contributed by atoms with Crippen molar-refractivity contribution in [2.45, 2.75) is 51.6 Å². The van der Waals surface area contributed by atoms with Gasteiger partial charge < -0.3 is 14.0 Å². The van der Waals surface area contributed by atoms with Crippen LogP contribution in [0.5, 0.6) is 0 Å². The molecule has 8 nitrogen and oxygen atoms in total. The third-order valence-electron chi connectivity index (χ3n) is 7.62. The highest BCUT2D eigenvalue weighted by Gasteiger charge is 2.39. The Kier molecular flexibility index (Phi) is 6.07. The Labute approximate surface area is 224 Å². The highest BCUT2D eigenvalue weighted by molar-refractivity contribution is 7.91. The number of fused-ring (bicyclic) bond motifs is 1. The van der Waals surface area contributed by atoms with Gasteiger partial charge in [0.25, 0.3) is 0 Å². The molecule has 0 aliphatic carbocycles. The van der Waals surface area contributed by atoms with Crippen LogP contribution in [-0.4, -0.2) is 40.5 Å². The number of rotatable bonds is 4. The van der Waals surface area contributed by atoms with E-state index in [4.69, 9.17) is 21.1 Å². The predicted molar refractivity (Wildman–Crippen MR) is 142 cm³/mol. The summed E-state index contributed by atoms with van der Waals surface area (Å²) in [5.74, 6) is 0.848. The van der Waals surface area contributed by atoms with Crippen molar-refractivity contribution in [1.82, 2.24) is 14.7 Å². The van der Waals surface area contributed by atoms with Crippen LogP contribution in [0.1, 0.15) is 55.0 Å². The van der Waals surface area contributed by atoms with Gasteiger partial charge in [-0.1, -0.05) is 22.8 Å². The number of halogens is 2. The van der Waals surface area contributed by atoms with E-state index in [1.165, 1.54) is 12.1 Å². The summed E-state index contributed by atoms with van der Waals surface area (Å²) in [5.41, 5.74) is 4.60. The number of hydrogen-bond acceptors (Lipinski definition) is 6. The molecule has 6 rings (SSSR count). The molecule has 2 fully saturated rings. The number of benzene rings is 2. The van der Waals surface area contributed by atoms with Gasteiger partial charge in [-0.15, -0.1) is 0 Å². The van der Waals surface area contributed by atoms with Crippen LogP contribution < -0.4 is 4.90 Å². The largest absolute Gasteiger partial charge is 0.361 e. The van der Waals surface area contributed by atoms with Gasteiger partial charge in [0.05, 0.1) is 39.3 Å². The van der Waals surface area contributed by atoms with Gasteiger partial charge in [0.2, 0.25) is 5.91 Å². The van der Waals surface area contributed by atoms with Gasteiger partial charge in [-0.05, 0) is 69.0 Å². The van der Waals surface area contributed by atoms with Crippen molar-refractivity contribution >= 4 is 44.1 Å². The molecule has 0 radical (unpaired) electrons. The maximum absolute atomic E-state index is 14.4. The van der Waals surface area contributed by atoms with E-state index in [-0.39, 0.29) is 28.5 Å². The summed E-state index contributed by atoms with van der Waals surface area (Å²) in [7, 11) is -3.08. The van der Waals surface area contributed by atoms with Gasteiger partial charge in [-0.2, -0.15) is 0 Å². The van der Waals surface area contributed by atoms with Gasteiger partial charge in [-0.3, -0.25) is 4.79 Å².